The molecule has 0 bridgehead atoms. The number of hydrogen-bond donors (Lipinski definition) is 0. The van der Waals surface area contributed by atoms with Crippen LogP contribution in [0.15, 0.2) is 42.5 Å². The summed E-state index contributed by atoms with van der Waals surface area (Å²) in [6.07, 6.45) is -4.80. The van der Waals surface area contributed by atoms with Gasteiger partial charge in [-0.2, -0.15) is 13.2 Å². The normalized spacial score (nSPS) is 11.4. The van der Waals surface area contributed by atoms with Crippen LogP contribution in [0.3, 0.4) is 0 Å². The average molecular weight is 285 g/mol. The second-order valence-corrected chi connectivity index (χ2v) is 3.96. The fourth-order valence-electron chi connectivity index (χ4n) is 1.85. The van der Waals surface area contributed by atoms with Crippen molar-refractivity contribution in [3.63, 3.8) is 0 Å². The summed E-state index contributed by atoms with van der Waals surface area (Å²) in [5.74, 6) is -1.06. The summed E-state index contributed by atoms with van der Waals surface area (Å²) < 4.78 is 51.7. The molecule has 0 fully saturated rings. The zero-order valence-corrected chi connectivity index (χ0v) is 9.82. The van der Waals surface area contributed by atoms with Crippen molar-refractivity contribution >= 4 is 5.69 Å². The average Bonchev–Trinajstić information content (AvgIpc) is 2.37. The Kier molecular flexibility index (Phi) is 3.44. The first kappa shape index (κ1) is 14.0. The summed E-state index contributed by atoms with van der Waals surface area (Å²) in [4.78, 5) is 10.1. The molecule has 20 heavy (non-hydrogen) atoms. The Morgan fingerprint density at radius 3 is 2.25 bits per heavy atom. The monoisotopic (exact) mass is 285 g/mol. The molecule has 0 amide bonds. The summed E-state index contributed by atoms with van der Waals surface area (Å²) in [7, 11) is 0. The van der Waals surface area contributed by atoms with Crippen LogP contribution in [-0.4, -0.2) is 4.92 Å². The van der Waals surface area contributed by atoms with Crippen LogP contribution in [0.5, 0.6) is 0 Å². The molecule has 0 saturated heterocycles. The van der Waals surface area contributed by atoms with E-state index >= 15 is 0 Å². The van der Waals surface area contributed by atoms with Crippen LogP contribution < -0.4 is 0 Å². The van der Waals surface area contributed by atoms with E-state index in [0.29, 0.717) is 6.07 Å². The van der Waals surface area contributed by atoms with E-state index in [4.69, 9.17) is 0 Å². The van der Waals surface area contributed by atoms with E-state index < -0.39 is 33.7 Å². The van der Waals surface area contributed by atoms with Gasteiger partial charge in [0.2, 0.25) is 0 Å². The maximum atomic E-state index is 13.0. The van der Waals surface area contributed by atoms with Gasteiger partial charge in [0.1, 0.15) is 5.82 Å². The highest BCUT2D eigenvalue weighted by atomic mass is 19.4. The highest BCUT2D eigenvalue weighted by molar-refractivity contribution is 5.76. The maximum absolute atomic E-state index is 13.0. The molecule has 0 atom stereocenters. The first-order valence-corrected chi connectivity index (χ1v) is 5.41. The van der Waals surface area contributed by atoms with Gasteiger partial charge in [-0.1, -0.05) is 18.2 Å². The van der Waals surface area contributed by atoms with Gasteiger partial charge in [-0.05, 0) is 18.2 Å². The lowest BCUT2D eigenvalue weighted by Gasteiger charge is -2.13. The minimum absolute atomic E-state index is 0.204. The molecule has 2 rings (SSSR count). The van der Waals surface area contributed by atoms with Gasteiger partial charge in [0.15, 0.2) is 0 Å². The van der Waals surface area contributed by atoms with Gasteiger partial charge in [0.25, 0.3) is 5.69 Å². The van der Waals surface area contributed by atoms with Crippen molar-refractivity contribution in [2.45, 2.75) is 6.18 Å². The highest BCUT2D eigenvalue weighted by Gasteiger charge is 2.35. The van der Waals surface area contributed by atoms with Crippen molar-refractivity contribution in [1.82, 2.24) is 0 Å². The Labute approximate surface area is 110 Å². The molecule has 2 aromatic carbocycles. The van der Waals surface area contributed by atoms with Crippen LogP contribution in [0.25, 0.3) is 11.1 Å². The third kappa shape index (κ3) is 2.61. The van der Waals surface area contributed by atoms with Crippen LogP contribution in [0, 0.1) is 15.9 Å². The van der Waals surface area contributed by atoms with Gasteiger partial charge >= 0.3 is 6.18 Å². The van der Waals surface area contributed by atoms with Gasteiger partial charge in [0, 0.05) is 11.6 Å². The second-order valence-electron chi connectivity index (χ2n) is 3.96. The fourth-order valence-corrected chi connectivity index (χ4v) is 1.85. The van der Waals surface area contributed by atoms with Gasteiger partial charge < -0.3 is 0 Å². The summed E-state index contributed by atoms with van der Waals surface area (Å²) in [6, 6.07) is 7.07. The number of nitro benzene ring substituents is 1. The lowest BCUT2D eigenvalue weighted by molar-refractivity contribution is -0.384. The lowest BCUT2D eigenvalue weighted by Crippen LogP contribution is -2.08. The van der Waals surface area contributed by atoms with Crippen molar-refractivity contribution in [2.24, 2.45) is 0 Å². The molecule has 0 radical (unpaired) electrons. The number of benzene rings is 2. The molecule has 0 saturated carbocycles. The molecule has 2 aromatic rings. The topological polar surface area (TPSA) is 43.1 Å². The van der Waals surface area contributed by atoms with E-state index in [1.54, 1.807) is 0 Å². The Bertz CT molecular complexity index is 668. The predicted octanol–water partition coefficient (Wildman–Crippen LogP) is 4.42. The molecule has 0 spiro atoms. The van der Waals surface area contributed by atoms with E-state index in [0.717, 1.165) is 18.2 Å². The highest BCUT2D eigenvalue weighted by Crippen LogP contribution is 2.40. The number of alkyl halides is 3. The molecule has 0 aliphatic carbocycles. The van der Waals surface area contributed by atoms with E-state index in [2.05, 4.69) is 0 Å². The van der Waals surface area contributed by atoms with Crippen LogP contribution in [0.2, 0.25) is 0 Å². The van der Waals surface area contributed by atoms with Crippen molar-refractivity contribution in [1.29, 1.82) is 0 Å². The number of hydrogen-bond acceptors (Lipinski definition) is 2. The van der Waals surface area contributed by atoms with Crippen molar-refractivity contribution in [3.05, 3.63) is 64.0 Å². The van der Waals surface area contributed by atoms with Crippen molar-refractivity contribution in [2.75, 3.05) is 0 Å². The molecule has 0 heterocycles. The van der Waals surface area contributed by atoms with Crippen molar-refractivity contribution in [3.8, 4) is 11.1 Å². The minimum atomic E-state index is -4.80. The zero-order valence-electron chi connectivity index (χ0n) is 9.82. The van der Waals surface area contributed by atoms with Crippen LogP contribution >= 0.6 is 0 Å². The SMILES string of the molecule is O=[N+]([O-])c1ccccc1-c1ccc(F)cc1C(F)(F)F. The standard InChI is InChI=1S/C13H7F4NO2/c14-8-5-6-9(11(7-8)13(15,16)17)10-3-1-2-4-12(10)18(19)20/h1-7H. The molecule has 0 unspecified atom stereocenters. The van der Waals surface area contributed by atoms with Crippen molar-refractivity contribution < 1.29 is 22.5 Å². The maximum Gasteiger partial charge on any atom is 0.417 e. The molecular weight excluding hydrogens is 278 g/mol. The third-order valence-electron chi connectivity index (χ3n) is 2.68. The van der Waals surface area contributed by atoms with Gasteiger partial charge in [0.05, 0.1) is 16.1 Å². The first-order chi connectivity index (χ1) is 9.30. The number of nitrogens with zero attached hydrogens (tertiary/aromatic N) is 1. The molecule has 7 heteroatoms. The number of halogens is 4. The van der Waals surface area contributed by atoms with Crippen LogP contribution in [-0.2, 0) is 6.18 Å². The fraction of sp³-hybridized carbons (Fsp3) is 0.0769. The summed E-state index contributed by atoms with van der Waals surface area (Å²) >= 11 is 0. The zero-order chi connectivity index (χ0) is 14.9. The molecule has 0 aliphatic heterocycles. The molecule has 104 valence electrons. The van der Waals surface area contributed by atoms with E-state index in [-0.39, 0.29) is 5.56 Å². The number of para-hydroxylation sites is 1. The molecule has 3 nitrogen and oxygen atoms in total. The molecule has 0 aromatic heterocycles. The number of rotatable bonds is 2. The quantitative estimate of drug-likeness (QED) is 0.465. The van der Waals surface area contributed by atoms with Gasteiger partial charge in [-0.15, -0.1) is 0 Å². The first-order valence-electron chi connectivity index (χ1n) is 5.41. The molecule has 0 N–H and O–H groups in total. The van der Waals surface area contributed by atoms with Crippen LogP contribution in [0.1, 0.15) is 5.56 Å². The smallest absolute Gasteiger partial charge is 0.258 e. The Balaban J connectivity index is 2.74. The second kappa shape index (κ2) is 4.92. The Hall–Kier alpha value is -2.44. The third-order valence-corrected chi connectivity index (χ3v) is 2.68. The van der Waals surface area contributed by atoms with Gasteiger partial charge in [-0.25, -0.2) is 4.39 Å². The van der Waals surface area contributed by atoms with E-state index in [1.807, 2.05) is 0 Å². The lowest BCUT2D eigenvalue weighted by atomic mass is 9.98. The van der Waals surface area contributed by atoms with Crippen LogP contribution in [0.4, 0.5) is 23.2 Å². The van der Waals surface area contributed by atoms with Gasteiger partial charge in [-0.3, -0.25) is 10.1 Å². The largest absolute Gasteiger partial charge is 0.417 e. The summed E-state index contributed by atoms with van der Waals surface area (Å²) in [5, 5.41) is 10.9. The summed E-state index contributed by atoms with van der Waals surface area (Å²) in [6.45, 7) is 0. The Morgan fingerprint density at radius 1 is 1.00 bits per heavy atom. The molecule has 0 aliphatic rings. The number of nitro groups is 1. The Morgan fingerprint density at radius 2 is 1.65 bits per heavy atom. The van der Waals surface area contributed by atoms with E-state index in [1.165, 1.54) is 18.2 Å². The predicted molar refractivity (Wildman–Crippen MR) is 63.5 cm³/mol. The summed E-state index contributed by atoms with van der Waals surface area (Å²) in [5.41, 5.74) is -2.34. The van der Waals surface area contributed by atoms with E-state index in [9.17, 15) is 27.7 Å². The minimum Gasteiger partial charge on any atom is -0.258 e. The molecular formula is C13H7F4NO2.